The summed E-state index contributed by atoms with van der Waals surface area (Å²) < 4.78 is 13.5. The lowest BCUT2D eigenvalue weighted by Gasteiger charge is -2.32. The van der Waals surface area contributed by atoms with E-state index in [1.807, 2.05) is 75.4 Å². The van der Waals surface area contributed by atoms with Gasteiger partial charge in [0, 0.05) is 19.0 Å². The maximum atomic E-state index is 13.6. The minimum atomic E-state index is -0.695. The molecule has 0 aliphatic rings. The molecular formula is C29H33FN2O2. The topological polar surface area (TPSA) is 49.4 Å². The van der Waals surface area contributed by atoms with Crippen LogP contribution < -0.4 is 5.32 Å². The first-order chi connectivity index (χ1) is 16.4. The molecule has 2 atom stereocenters. The molecule has 0 radical (unpaired) electrons. The minimum absolute atomic E-state index is 0.00866. The molecule has 3 rings (SSSR count). The largest absolute Gasteiger partial charge is 0.352 e. The second-order valence-corrected chi connectivity index (χ2v) is 8.83. The summed E-state index contributed by atoms with van der Waals surface area (Å²) in [6.07, 6.45) is 1.37. The number of carbonyl (C=O) groups excluding carboxylic acids is 2. The highest BCUT2D eigenvalue weighted by atomic mass is 19.1. The molecule has 1 N–H and O–H groups in total. The first kappa shape index (κ1) is 25.2. The molecule has 0 bridgehead atoms. The van der Waals surface area contributed by atoms with Gasteiger partial charge in [-0.15, -0.1) is 0 Å². The molecule has 0 aromatic heterocycles. The molecule has 0 spiro atoms. The summed E-state index contributed by atoms with van der Waals surface area (Å²) in [5, 5.41) is 3.06. The average molecular weight is 461 g/mol. The molecule has 0 fully saturated rings. The quantitative estimate of drug-likeness (QED) is 0.450. The van der Waals surface area contributed by atoms with E-state index in [0.29, 0.717) is 6.42 Å². The fourth-order valence-corrected chi connectivity index (χ4v) is 3.76. The zero-order valence-electron chi connectivity index (χ0n) is 20.1. The van der Waals surface area contributed by atoms with Gasteiger partial charge in [-0.1, -0.05) is 79.2 Å². The lowest BCUT2D eigenvalue weighted by molar-refractivity contribution is -0.141. The van der Waals surface area contributed by atoms with Crippen molar-refractivity contribution in [3.63, 3.8) is 0 Å². The van der Waals surface area contributed by atoms with Crippen molar-refractivity contribution >= 4 is 11.8 Å². The van der Waals surface area contributed by atoms with Crippen molar-refractivity contribution in [2.45, 2.75) is 58.7 Å². The van der Waals surface area contributed by atoms with Gasteiger partial charge >= 0.3 is 0 Å². The number of hydrogen-bond donors (Lipinski definition) is 1. The minimum Gasteiger partial charge on any atom is -0.352 e. The van der Waals surface area contributed by atoms with Gasteiger partial charge in [0.15, 0.2) is 0 Å². The molecule has 0 aliphatic carbocycles. The smallest absolute Gasteiger partial charge is 0.243 e. The molecule has 178 valence electrons. The zero-order chi connectivity index (χ0) is 24.5. The van der Waals surface area contributed by atoms with Crippen LogP contribution in [0, 0.1) is 12.7 Å². The lowest BCUT2D eigenvalue weighted by atomic mass is 10.0. The van der Waals surface area contributed by atoms with E-state index < -0.39 is 6.04 Å². The van der Waals surface area contributed by atoms with Crippen molar-refractivity contribution in [2.75, 3.05) is 0 Å². The van der Waals surface area contributed by atoms with Crippen molar-refractivity contribution in [1.29, 1.82) is 0 Å². The van der Waals surface area contributed by atoms with Gasteiger partial charge in [0.05, 0.1) is 6.42 Å². The Hall–Kier alpha value is -3.47. The Kier molecular flexibility index (Phi) is 8.97. The zero-order valence-corrected chi connectivity index (χ0v) is 20.1. The van der Waals surface area contributed by atoms with E-state index in [1.165, 1.54) is 12.1 Å². The summed E-state index contributed by atoms with van der Waals surface area (Å²) in [7, 11) is 0. The van der Waals surface area contributed by atoms with E-state index in [0.717, 1.165) is 28.7 Å². The molecule has 5 heteroatoms. The van der Waals surface area contributed by atoms with E-state index in [4.69, 9.17) is 0 Å². The lowest BCUT2D eigenvalue weighted by Crippen LogP contribution is -2.52. The van der Waals surface area contributed by atoms with Gasteiger partial charge in [0.25, 0.3) is 0 Å². The highest BCUT2D eigenvalue weighted by molar-refractivity contribution is 5.89. The first-order valence-corrected chi connectivity index (χ1v) is 11.8. The second-order valence-electron chi connectivity index (χ2n) is 8.83. The van der Waals surface area contributed by atoms with E-state index in [2.05, 4.69) is 5.32 Å². The third-order valence-electron chi connectivity index (χ3n) is 6.01. The maximum Gasteiger partial charge on any atom is 0.243 e. The summed E-state index contributed by atoms with van der Waals surface area (Å²) in [4.78, 5) is 28.7. The van der Waals surface area contributed by atoms with E-state index in [1.54, 1.807) is 17.0 Å². The molecule has 0 heterocycles. The van der Waals surface area contributed by atoms with Crippen LogP contribution in [0.1, 0.15) is 42.5 Å². The standard InChI is InChI=1S/C29H33FN2O2/c1-4-22(3)31-29(34)27(18-23-8-6-5-7-9-23)32(20-25-14-16-26(30)17-15-25)28(33)19-24-12-10-21(2)11-13-24/h5-17,22,27H,4,18-20H2,1-3H3,(H,31,34)/t22-,27-/m1/s1. The van der Waals surface area contributed by atoms with E-state index >= 15 is 0 Å². The third kappa shape index (κ3) is 7.27. The predicted molar refractivity (Wildman–Crippen MR) is 134 cm³/mol. The summed E-state index contributed by atoms with van der Waals surface area (Å²) in [5.74, 6) is -0.664. The molecule has 0 aliphatic heterocycles. The Morgan fingerprint density at radius 3 is 2.12 bits per heavy atom. The van der Waals surface area contributed by atoms with E-state index in [-0.39, 0.29) is 36.6 Å². The Morgan fingerprint density at radius 1 is 0.882 bits per heavy atom. The fraction of sp³-hybridized carbons (Fsp3) is 0.310. The van der Waals surface area contributed by atoms with Crippen molar-refractivity contribution < 1.29 is 14.0 Å². The molecular weight excluding hydrogens is 427 g/mol. The highest BCUT2D eigenvalue weighted by Gasteiger charge is 2.31. The number of nitrogens with one attached hydrogen (secondary N) is 1. The summed E-state index contributed by atoms with van der Waals surface area (Å²) in [5.41, 5.74) is 3.75. The van der Waals surface area contributed by atoms with Gasteiger partial charge in [0.1, 0.15) is 11.9 Å². The molecule has 34 heavy (non-hydrogen) atoms. The number of nitrogens with zero attached hydrogens (tertiary/aromatic N) is 1. The van der Waals surface area contributed by atoms with Crippen LogP contribution in [0.2, 0.25) is 0 Å². The maximum absolute atomic E-state index is 13.6. The predicted octanol–water partition coefficient (Wildman–Crippen LogP) is 5.23. The van der Waals surface area contributed by atoms with E-state index in [9.17, 15) is 14.0 Å². The van der Waals surface area contributed by atoms with Gasteiger partial charge in [0.2, 0.25) is 11.8 Å². The number of benzene rings is 3. The van der Waals surface area contributed by atoms with Crippen molar-refractivity contribution in [2.24, 2.45) is 0 Å². The Balaban J connectivity index is 1.95. The van der Waals surface area contributed by atoms with Crippen molar-refractivity contribution in [3.8, 4) is 0 Å². The Labute approximate surface area is 201 Å². The average Bonchev–Trinajstić information content (AvgIpc) is 2.84. The summed E-state index contributed by atoms with van der Waals surface area (Å²) in [6.45, 7) is 6.18. The molecule has 3 aromatic carbocycles. The van der Waals surface area contributed by atoms with Gasteiger partial charge in [-0.3, -0.25) is 9.59 Å². The number of carbonyl (C=O) groups is 2. The van der Waals surface area contributed by atoms with Crippen LogP contribution in [-0.4, -0.2) is 28.8 Å². The van der Waals surface area contributed by atoms with Crippen molar-refractivity contribution in [3.05, 3.63) is 107 Å². The third-order valence-corrected chi connectivity index (χ3v) is 6.01. The SMILES string of the molecule is CC[C@@H](C)NC(=O)[C@@H](Cc1ccccc1)N(Cc1ccc(F)cc1)C(=O)Cc1ccc(C)cc1. The van der Waals surface area contributed by atoms with Crippen LogP contribution in [0.5, 0.6) is 0 Å². The summed E-state index contributed by atoms with van der Waals surface area (Å²) in [6, 6.07) is 22.9. The molecule has 0 saturated carbocycles. The number of hydrogen-bond acceptors (Lipinski definition) is 2. The molecule has 0 unspecified atom stereocenters. The van der Waals surface area contributed by atoms with Gasteiger partial charge in [-0.25, -0.2) is 4.39 Å². The normalized spacial score (nSPS) is 12.6. The van der Waals surface area contributed by atoms with Crippen LogP contribution in [0.25, 0.3) is 0 Å². The van der Waals surface area contributed by atoms with Crippen LogP contribution in [0.3, 0.4) is 0 Å². The number of rotatable bonds is 10. The van der Waals surface area contributed by atoms with Gasteiger partial charge < -0.3 is 10.2 Å². The second kappa shape index (κ2) is 12.1. The highest BCUT2D eigenvalue weighted by Crippen LogP contribution is 2.17. The van der Waals surface area contributed by atoms with Crippen LogP contribution >= 0.6 is 0 Å². The van der Waals surface area contributed by atoms with Gasteiger partial charge in [-0.05, 0) is 49.1 Å². The van der Waals surface area contributed by atoms with Gasteiger partial charge in [-0.2, -0.15) is 0 Å². The monoisotopic (exact) mass is 460 g/mol. The number of halogens is 1. The molecule has 0 saturated heterocycles. The molecule has 2 amide bonds. The first-order valence-electron chi connectivity index (χ1n) is 11.8. The van der Waals surface area contributed by atoms with Crippen LogP contribution in [-0.2, 0) is 29.0 Å². The number of amides is 2. The Bertz CT molecular complexity index is 1070. The van der Waals surface area contributed by atoms with Crippen molar-refractivity contribution in [1.82, 2.24) is 10.2 Å². The van der Waals surface area contributed by atoms with Crippen LogP contribution in [0.15, 0.2) is 78.9 Å². The molecule has 4 nitrogen and oxygen atoms in total. The summed E-state index contributed by atoms with van der Waals surface area (Å²) >= 11 is 0. The molecule has 3 aromatic rings. The Morgan fingerprint density at radius 2 is 1.50 bits per heavy atom. The fourth-order valence-electron chi connectivity index (χ4n) is 3.76. The number of aryl methyl sites for hydroxylation is 1. The van der Waals surface area contributed by atoms with Crippen LogP contribution in [0.4, 0.5) is 4.39 Å².